The molecule has 0 aromatic heterocycles. The van der Waals surface area contributed by atoms with Crippen LogP contribution in [0.25, 0.3) is 0 Å². The van der Waals surface area contributed by atoms with E-state index in [2.05, 4.69) is 22.0 Å². The molecule has 0 fully saturated rings. The maximum Gasteiger partial charge on any atom is 0.286 e. The van der Waals surface area contributed by atoms with E-state index >= 15 is 0 Å². The zero-order valence-electron chi connectivity index (χ0n) is 8.42. The topological polar surface area (TPSA) is 33.6 Å². The van der Waals surface area contributed by atoms with Gasteiger partial charge in [-0.2, -0.15) is 0 Å². The lowest BCUT2D eigenvalue weighted by molar-refractivity contribution is 0.267. The van der Waals surface area contributed by atoms with Gasteiger partial charge in [0.1, 0.15) is 6.61 Å². The van der Waals surface area contributed by atoms with Crippen LogP contribution in [0.1, 0.15) is 27.7 Å². The molecule has 13 heavy (non-hydrogen) atoms. The van der Waals surface area contributed by atoms with Gasteiger partial charge in [-0.3, -0.25) is 0 Å². The molecular formula is C8H16N2OS2. The molecule has 76 valence electrons. The quantitative estimate of drug-likeness (QED) is 0.424. The fraction of sp³-hybridized carbons (Fsp3) is 0.875. The van der Waals surface area contributed by atoms with Crippen LogP contribution in [0, 0.1) is 0 Å². The van der Waals surface area contributed by atoms with Crippen molar-refractivity contribution in [2.24, 2.45) is 4.99 Å². The Labute approximate surface area is 88.5 Å². The van der Waals surface area contributed by atoms with Crippen molar-refractivity contribution < 1.29 is 4.74 Å². The second kappa shape index (κ2) is 3.61. The number of amidine groups is 1. The fourth-order valence-electron chi connectivity index (χ4n) is 0.929. The van der Waals surface area contributed by atoms with Gasteiger partial charge in [0.2, 0.25) is 0 Å². The molecule has 1 aliphatic heterocycles. The van der Waals surface area contributed by atoms with Crippen molar-refractivity contribution in [3.05, 3.63) is 0 Å². The number of nitrogens with zero attached hydrogens (tertiary/aromatic N) is 1. The summed E-state index contributed by atoms with van der Waals surface area (Å²) in [5, 5.41) is 3.17. The average molecular weight is 220 g/mol. The molecule has 0 amide bonds. The molecule has 1 aliphatic rings. The molecule has 0 saturated heterocycles. The monoisotopic (exact) mass is 220 g/mol. The van der Waals surface area contributed by atoms with Gasteiger partial charge >= 0.3 is 0 Å². The number of nitrogens with one attached hydrogen (secondary N) is 1. The minimum Gasteiger partial charge on any atom is -0.463 e. The van der Waals surface area contributed by atoms with Crippen molar-refractivity contribution in [2.45, 2.75) is 38.1 Å². The van der Waals surface area contributed by atoms with Crippen molar-refractivity contribution in [1.29, 1.82) is 0 Å². The molecule has 3 nitrogen and oxygen atoms in total. The first-order chi connectivity index (χ1) is 5.85. The summed E-state index contributed by atoms with van der Waals surface area (Å²) >= 11 is 4.16. The van der Waals surface area contributed by atoms with Crippen LogP contribution in [0.15, 0.2) is 4.99 Å². The Morgan fingerprint density at radius 3 is 2.62 bits per heavy atom. The molecule has 0 aromatic rings. The van der Waals surface area contributed by atoms with Crippen LogP contribution >= 0.6 is 22.5 Å². The summed E-state index contributed by atoms with van der Waals surface area (Å²) in [5.41, 5.74) is -0.0975. The molecule has 0 aromatic carbocycles. The highest BCUT2D eigenvalue weighted by Crippen LogP contribution is 2.26. The van der Waals surface area contributed by atoms with E-state index in [1.807, 2.05) is 27.7 Å². The number of aliphatic imine (C=N–C) groups is 1. The van der Waals surface area contributed by atoms with Crippen LogP contribution in [0.3, 0.4) is 0 Å². The Balaban J connectivity index is 2.57. The van der Waals surface area contributed by atoms with Crippen LogP contribution in [0.5, 0.6) is 0 Å². The summed E-state index contributed by atoms with van der Waals surface area (Å²) < 4.78 is 5.40. The molecule has 0 atom stereocenters. The highest BCUT2D eigenvalue weighted by molar-refractivity contribution is 8.69. The first-order valence-electron chi connectivity index (χ1n) is 4.18. The number of hydrogen-bond acceptors (Lipinski definition) is 5. The Morgan fingerprint density at radius 1 is 1.62 bits per heavy atom. The Hall–Kier alpha value is -0.0300. The van der Waals surface area contributed by atoms with E-state index in [4.69, 9.17) is 4.74 Å². The smallest absolute Gasteiger partial charge is 0.286 e. The second-order valence-electron chi connectivity index (χ2n) is 4.24. The van der Waals surface area contributed by atoms with Crippen LogP contribution in [-0.4, -0.2) is 23.0 Å². The number of hydrogen-bond donors (Lipinski definition) is 2. The largest absolute Gasteiger partial charge is 0.463 e. The maximum absolute atomic E-state index is 5.40. The lowest BCUT2D eigenvalue weighted by Gasteiger charge is -2.22. The van der Waals surface area contributed by atoms with Gasteiger partial charge in [-0.05, 0) is 27.7 Å². The zero-order valence-corrected chi connectivity index (χ0v) is 10.1. The van der Waals surface area contributed by atoms with Crippen molar-refractivity contribution in [1.82, 2.24) is 5.32 Å². The summed E-state index contributed by atoms with van der Waals surface area (Å²) in [5.74, 6) is 0. The fourth-order valence-corrected chi connectivity index (χ4v) is 1.20. The van der Waals surface area contributed by atoms with E-state index in [0.717, 1.165) is 0 Å². The predicted molar refractivity (Wildman–Crippen MR) is 61.3 cm³/mol. The number of thiol groups is 1. The van der Waals surface area contributed by atoms with Gasteiger partial charge in [-0.15, -0.1) is 11.7 Å². The van der Waals surface area contributed by atoms with Crippen LogP contribution in [0.2, 0.25) is 0 Å². The SMILES string of the molecule is CC1(C)COC(NC(C)(C)SS)=N1. The van der Waals surface area contributed by atoms with Crippen molar-refractivity contribution >= 4 is 28.5 Å². The molecule has 1 rings (SSSR count). The van der Waals surface area contributed by atoms with Crippen molar-refractivity contribution in [3.63, 3.8) is 0 Å². The van der Waals surface area contributed by atoms with E-state index in [-0.39, 0.29) is 10.4 Å². The highest BCUT2D eigenvalue weighted by Gasteiger charge is 2.29. The molecular weight excluding hydrogens is 204 g/mol. The summed E-state index contributed by atoms with van der Waals surface area (Å²) in [6.07, 6.45) is 0. The average Bonchev–Trinajstić information content (AvgIpc) is 2.29. The van der Waals surface area contributed by atoms with Crippen LogP contribution in [-0.2, 0) is 4.74 Å². The minimum absolute atomic E-state index is 0.0975. The van der Waals surface area contributed by atoms with Crippen molar-refractivity contribution in [2.75, 3.05) is 6.61 Å². The predicted octanol–water partition coefficient (Wildman–Crippen LogP) is 2.05. The van der Waals surface area contributed by atoms with E-state index in [0.29, 0.717) is 12.6 Å². The van der Waals surface area contributed by atoms with Gasteiger partial charge in [-0.1, -0.05) is 10.8 Å². The van der Waals surface area contributed by atoms with E-state index in [1.54, 1.807) is 0 Å². The molecule has 1 heterocycles. The van der Waals surface area contributed by atoms with E-state index in [9.17, 15) is 0 Å². The van der Waals surface area contributed by atoms with Gasteiger partial charge in [0.05, 0.1) is 10.4 Å². The molecule has 0 bridgehead atoms. The summed E-state index contributed by atoms with van der Waals surface area (Å²) in [6.45, 7) is 8.79. The van der Waals surface area contributed by atoms with E-state index in [1.165, 1.54) is 10.8 Å². The molecule has 0 spiro atoms. The first kappa shape index (κ1) is 11.0. The van der Waals surface area contributed by atoms with Gasteiger partial charge in [-0.25, -0.2) is 4.99 Å². The van der Waals surface area contributed by atoms with Crippen LogP contribution < -0.4 is 5.32 Å². The molecule has 0 aliphatic carbocycles. The normalized spacial score (nSPS) is 20.8. The van der Waals surface area contributed by atoms with Gasteiger partial charge < -0.3 is 10.1 Å². The second-order valence-corrected chi connectivity index (χ2v) is 6.00. The zero-order chi connectivity index (χ0) is 10.1. The number of rotatable bonds is 2. The Kier molecular flexibility index (Phi) is 3.07. The van der Waals surface area contributed by atoms with Crippen LogP contribution in [0.4, 0.5) is 0 Å². The van der Waals surface area contributed by atoms with E-state index < -0.39 is 0 Å². The standard InChI is InChI=1S/C8H16N2OS2/c1-7(2)5-11-6(9-7)10-8(3,4)13-12/h12H,5H2,1-4H3,(H,9,10). The maximum atomic E-state index is 5.40. The summed E-state index contributed by atoms with van der Waals surface area (Å²) in [6, 6.07) is 0.622. The summed E-state index contributed by atoms with van der Waals surface area (Å²) in [4.78, 5) is 4.24. The Bertz CT molecular complexity index is 226. The van der Waals surface area contributed by atoms with Crippen molar-refractivity contribution in [3.8, 4) is 0 Å². The number of ether oxygens (including phenoxy) is 1. The molecule has 0 saturated carbocycles. The Morgan fingerprint density at radius 2 is 2.23 bits per heavy atom. The lowest BCUT2D eigenvalue weighted by Crippen LogP contribution is -2.39. The molecule has 0 radical (unpaired) electrons. The third kappa shape index (κ3) is 3.31. The molecule has 1 N–H and O–H groups in total. The lowest BCUT2D eigenvalue weighted by atomic mass is 10.1. The third-order valence-electron chi connectivity index (χ3n) is 1.60. The first-order valence-corrected chi connectivity index (χ1v) is 6.05. The van der Waals surface area contributed by atoms with Gasteiger partial charge in [0.15, 0.2) is 0 Å². The molecule has 5 heteroatoms. The summed E-state index contributed by atoms with van der Waals surface area (Å²) in [7, 11) is 1.44. The third-order valence-corrected chi connectivity index (χ3v) is 3.53. The molecule has 0 unspecified atom stereocenters. The van der Waals surface area contributed by atoms with Gasteiger partial charge in [0.25, 0.3) is 6.02 Å². The van der Waals surface area contributed by atoms with Gasteiger partial charge in [0, 0.05) is 0 Å². The highest BCUT2D eigenvalue weighted by atomic mass is 33.1. The minimum atomic E-state index is -0.150.